The molecule has 0 spiro atoms. The maximum absolute atomic E-state index is 5.97. The quantitative estimate of drug-likeness (QED) is 0.785. The van der Waals surface area contributed by atoms with Gasteiger partial charge >= 0.3 is 0 Å². The summed E-state index contributed by atoms with van der Waals surface area (Å²) in [6.45, 7) is 10.0. The molecule has 1 aliphatic heterocycles. The second-order valence-corrected chi connectivity index (χ2v) is 5.77. The van der Waals surface area contributed by atoms with Crippen LogP contribution in [0.5, 0.6) is 5.88 Å². The van der Waals surface area contributed by atoms with E-state index in [2.05, 4.69) is 36.7 Å². The number of hydrogen-bond acceptors (Lipinski definition) is 3. The van der Waals surface area contributed by atoms with Gasteiger partial charge in [0, 0.05) is 25.4 Å². The molecule has 0 N–H and O–H groups in total. The average Bonchev–Trinajstić information content (AvgIpc) is 2.84. The fourth-order valence-corrected chi connectivity index (χ4v) is 2.45. The molecule has 0 aromatic carbocycles. The van der Waals surface area contributed by atoms with Crippen molar-refractivity contribution >= 4 is 0 Å². The van der Waals surface area contributed by atoms with E-state index in [1.165, 1.54) is 24.9 Å². The third-order valence-electron chi connectivity index (χ3n) is 3.77. The SMILES string of the molecule is CCCCN1CCC(Oc2ccc(C(C)C)cn2)C1. The van der Waals surface area contributed by atoms with Gasteiger partial charge in [0.2, 0.25) is 5.88 Å². The van der Waals surface area contributed by atoms with E-state index in [0.717, 1.165) is 25.4 Å². The second-order valence-electron chi connectivity index (χ2n) is 5.77. The van der Waals surface area contributed by atoms with Crippen molar-refractivity contribution in [2.24, 2.45) is 0 Å². The van der Waals surface area contributed by atoms with Crippen LogP contribution in [0.15, 0.2) is 18.3 Å². The Morgan fingerprint density at radius 2 is 2.26 bits per heavy atom. The Morgan fingerprint density at radius 1 is 1.42 bits per heavy atom. The third-order valence-corrected chi connectivity index (χ3v) is 3.77. The number of rotatable bonds is 6. The van der Waals surface area contributed by atoms with Crippen LogP contribution in [0.2, 0.25) is 0 Å². The first-order valence-corrected chi connectivity index (χ1v) is 7.54. The van der Waals surface area contributed by atoms with Crippen LogP contribution in [-0.2, 0) is 0 Å². The van der Waals surface area contributed by atoms with Gasteiger partial charge in [-0.1, -0.05) is 33.3 Å². The molecule has 3 heteroatoms. The van der Waals surface area contributed by atoms with Crippen LogP contribution in [0.3, 0.4) is 0 Å². The Hall–Kier alpha value is -1.09. The molecule has 1 unspecified atom stereocenters. The smallest absolute Gasteiger partial charge is 0.213 e. The predicted octanol–water partition coefficient (Wildman–Crippen LogP) is 3.46. The van der Waals surface area contributed by atoms with Gasteiger partial charge in [0.15, 0.2) is 0 Å². The molecule has 0 aliphatic carbocycles. The number of pyridine rings is 1. The molecule has 1 aromatic heterocycles. The predicted molar refractivity (Wildman–Crippen MR) is 78.7 cm³/mol. The van der Waals surface area contributed by atoms with E-state index in [0.29, 0.717) is 12.0 Å². The van der Waals surface area contributed by atoms with Crippen LogP contribution in [0, 0.1) is 0 Å². The molecule has 3 nitrogen and oxygen atoms in total. The molecule has 1 saturated heterocycles. The van der Waals surface area contributed by atoms with Crippen LogP contribution >= 0.6 is 0 Å². The van der Waals surface area contributed by atoms with Crippen LogP contribution in [0.4, 0.5) is 0 Å². The summed E-state index contributed by atoms with van der Waals surface area (Å²) in [6, 6.07) is 4.13. The number of aromatic nitrogens is 1. The number of nitrogens with zero attached hydrogens (tertiary/aromatic N) is 2. The lowest BCUT2D eigenvalue weighted by molar-refractivity contribution is 0.192. The monoisotopic (exact) mass is 262 g/mol. The Balaban J connectivity index is 1.82. The van der Waals surface area contributed by atoms with Crippen LogP contribution in [0.25, 0.3) is 0 Å². The van der Waals surface area contributed by atoms with E-state index in [4.69, 9.17) is 4.74 Å². The normalized spacial score (nSPS) is 20.1. The van der Waals surface area contributed by atoms with Gasteiger partial charge in [0.25, 0.3) is 0 Å². The number of hydrogen-bond donors (Lipinski definition) is 0. The molecule has 0 bridgehead atoms. The Kier molecular flexibility index (Phi) is 5.20. The van der Waals surface area contributed by atoms with E-state index in [1.54, 1.807) is 0 Å². The first-order chi connectivity index (χ1) is 9.19. The minimum atomic E-state index is 0.314. The molecule has 2 rings (SSSR count). The maximum atomic E-state index is 5.97. The topological polar surface area (TPSA) is 25.4 Å². The van der Waals surface area contributed by atoms with E-state index in [-0.39, 0.29) is 0 Å². The zero-order valence-electron chi connectivity index (χ0n) is 12.4. The van der Waals surface area contributed by atoms with Gasteiger partial charge in [0.05, 0.1) is 0 Å². The number of unbranched alkanes of at least 4 members (excludes halogenated alkanes) is 1. The molecule has 19 heavy (non-hydrogen) atoms. The van der Waals surface area contributed by atoms with Crippen molar-refractivity contribution in [3.63, 3.8) is 0 Å². The van der Waals surface area contributed by atoms with E-state index >= 15 is 0 Å². The van der Waals surface area contributed by atoms with Gasteiger partial charge in [-0.25, -0.2) is 4.98 Å². The summed E-state index contributed by atoms with van der Waals surface area (Å²) in [6.07, 6.45) is 5.92. The highest BCUT2D eigenvalue weighted by molar-refractivity contribution is 5.20. The zero-order chi connectivity index (χ0) is 13.7. The van der Waals surface area contributed by atoms with Gasteiger partial charge in [-0.2, -0.15) is 0 Å². The van der Waals surface area contributed by atoms with Crippen molar-refractivity contribution in [1.82, 2.24) is 9.88 Å². The third kappa shape index (κ3) is 4.20. The van der Waals surface area contributed by atoms with Crippen molar-refractivity contribution in [2.75, 3.05) is 19.6 Å². The van der Waals surface area contributed by atoms with Crippen LogP contribution in [-0.4, -0.2) is 35.6 Å². The maximum Gasteiger partial charge on any atom is 0.213 e. The van der Waals surface area contributed by atoms with E-state index < -0.39 is 0 Å². The number of likely N-dealkylation sites (tertiary alicyclic amines) is 1. The Bertz CT molecular complexity index is 375. The fourth-order valence-electron chi connectivity index (χ4n) is 2.45. The lowest BCUT2D eigenvalue weighted by Gasteiger charge is -2.16. The molecule has 1 atom stereocenters. The minimum Gasteiger partial charge on any atom is -0.473 e. The van der Waals surface area contributed by atoms with Gasteiger partial charge in [0.1, 0.15) is 6.10 Å². The molecule has 0 saturated carbocycles. The van der Waals surface area contributed by atoms with Crippen LogP contribution in [0.1, 0.15) is 51.5 Å². The lowest BCUT2D eigenvalue weighted by Crippen LogP contribution is -2.25. The molecular weight excluding hydrogens is 236 g/mol. The fraction of sp³-hybridized carbons (Fsp3) is 0.688. The molecule has 1 aromatic rings. The van der Waals surface area contributed by atoms with Gasteiger partial charge in [-0.05, 0) is 30.9 Å². The molecule has 1 aliphatic rings. The molecule has 0 amide bonds. The summed E-state index contributed by atoms with van der Waals surface area (Å²) in [7, 11) is 0. The van der Waals surface area contributed by atoms with E-state index in [1.807, 2.05) is 12.3 Å². The van der Waals surface area contributed by atoms with Gasteiger partial charge < -0.3 is 4.74 Å². The molecule has 0 radical (unpaired) electrons. The summed E-state index contributed by atoms with van der Waals surface area (Å²) in [4.78, 5) is 6.91. The first-order valence-electron chi connectivity index (χ1n) is 7.54. The molecule has 2 heterocycles. The highest BCUT2D eigenvalue weighted by atomic mass is 16.5. The molecular formula is C16H26N2O. The summed E-state index contributed by atoms with van der Waals surface area (Å²) in [5.74, 6) is 1.30. The minimum absolute atomic E-state index is 0.314. The summed E-state index contributed by atoms with van der Waals surface area (Å²) >= 11 is 0. The lowest BCUT2D eigenvalue weighted by atomic mass is 10.1. The second kappa shape index (κ2) is 6.90. The average molecular weight is 262 g/mol. The largest absolute Gasteiger partial charge is 0.473 e. The highest BCUT2D eigenvalue weighted by Crippen LogP contribution is 2.19. The zero-order valence-corrected chi connectivity index (χ0v) is 12.4. The van der Waals surface area contributed by atoms with Gasteiger partial charge in [-0.3, -0.25) is 4.90 Å². The van der Waals surface area contributed by atoms with Crippen molar-refractivity contribution in [3.8, 4) is 5.88 Å². The highest BCUT2D eigenvalue weighted by Gasteiger charge is 2.23. The van der Waals surface area contributed by atoms with E-state index in [9.17, 15) is 0 Å². The standard InChI is InChI=1S/C16H26N2O/c1-4-5-9-18-10-8-15(12-18)19-16-7-6-14(11-17-16)13(2)3/h6-7,11,13,15H,4-5,8-10,12H2,1-3H3. The van der Waals surface area contributed by atoms with Crippen LogP contribution < -0.4 is 4.74 Å². The first kappa shape index (κ1) is 14.3. The van der Waals surface area contributed by atoms with Crippen molar-refractivity contribution in [2.45, 2.75) is 52.1 Å². The molecule has 106 valence electrons. The summed E-state index contributed by atoms with van der Waals surface area (Å²) in [5, 5.41) is 0. The Morgan fingerprint density at radius 3 is 2.89 bits per heavy atom. The van der Waals surface area contributed by atoms with Gasteiger partial charge in [-0.15, -0.1) is 0 Å². The van der Waals surface area contributed by atoms with Crippen molar-refractivity contribution < 1.29 is 4.74 Å². The molecule has 1 fully saturated rings. The summed E-state index contributed by atoms with van der Waals surface area (Å²) in [5.41, 5.74) is 1.27. The van der Waals surface area contributed by atoms with Crippen molar-refractivity contribution in [3.05, 3.63) is 23.9 Å². The Labute approximate surface area is 117 Å². The van der Waals surface area contributed by atoms with Crippen molar-refractivity contribution in [1.29, 1.82) is 0 Å². The summed E-state index contributed by atoms with van der Waals surface area (Å²) < 4.78 is 5.97. The number of ether oxygens (including phenoxy) is 1.